The molecule has 2 aromatic carbocycles. The zero-order valence-corrected chi connectivity index (χ0v) is 17.5. The Morgan fingerprint density at radius 2 is 2.07 bits per heavy atom. The maximum absolute atomic E-state index is 14.0. The zero-order chi connectivity index (χ0) is 21.3. The quantitative estimate of drug-likeness (QED) is 0.819. The number of halogens is 1. The highest BCUT2D eigenvalue weighted by molar-refractivity contribution is 6.07. The topological polar surface area (TPSA) is 57.2 Å². The number of hydrogen-bond donors (Lipinski definition) is 1. The molecule has 0 spiro atoms. The van der Waals surface area contributed by atoms with Crippen molar-refractivity contribution in [2.75, 3.05) is 26.7 Å². The first-order valence-electron chi connectivity index (χ1n) is 10.3. The molecule has 0 aromatic heterocycles. The minimum Gasteiger partial charge on any atom is -0.492 e. The van der Waals surface area contributed by atoms with Crippen LogP contribution in [0.3, 0.4) is 0 Å². The third kappa shape index (κ3) is 3.89. The van der Waals surface area contributed by atoms with Crippen LogP contribution in [0.15, 0.2) is 53.6 Å². The minimum absolute atomic E-state index is 0.159. The van der Waals surface area contributed by atoms with Crippen LogP contribution in [0.1, 0.15) is 31.0 Å². The van der Waals surface area contributed by atoms with Crippen LogP contribution in [0.25, 0.3) is 0 Å². The second kappa shape index (κ2) is 8.44. The van der Waals surface area contributed by atoms with Gasteiger partial charge in [0.15, 0.2) is 0 Å². The summed E-state index contributed by atoms with van der Waals surface area (Å²) in [6.07, 6.45) is 0. The minimum atomic E-state index is -0.349. The van der Waals surface area contributed by atoms with Crippen molar-refractivity contribution in [2.24, 2.45) is 11.0 Å². The molecule has 6 nitrogen and oxygen atoms in total. The molecule has 2 aromatic rings. The molecule has 2 unspecified atom stereocenters. The van der Waals surface area contributed by atoms with Crippen molar-refractivity contribution in [3.8, 4) is 5.75 Å². The van der Waals surface area contributed by atoms with Crippen LogP contribution in [0, 0.1) is 11.7 Å². The predicted octanol–water partition coefficient (Wildman–Crippen LogP) is 3.65. The Labute approximate surface area is 176 Å². The van der Waals surface area contributed by atoms with Crippen LogP contribution < -0.4 is 10.1 Å². The van der Waals surface area contributed by atoms with Gasteiger partial charge in [0.05, 0.1) is 24.3 Å². The van der Waals surface area contributed by atoms with Crippen LogP contribution in [0.2, 0.25) is 0 Å². The molecule has 0 fully saturated rings. The van der Waals surface area contributed by atoms with Crippen molar-refractivity contribution >= 4 is 11.7 Å². The Morgan fingerprint density at radius 1 is 1.30 bits per heavy atom. The molecule has 0 saturated heterocycles. The monoisotopic (exact) mass is 410 g/mol. The summed E-state index contributed by atoms with van der Waals surface area (Å²) < 4.78 is 19.9. The molecule has 2 heterocycles. The number of nitrogens with zero attached hydrogens (tertiary/aromatic N) is 3. The van der Waals surface area contributed by atoms with Gasteiger partial charge in [0.2, 0.25) is 0 Å². The molecular formula is C23H27FN4O2. The van der Waals surface area contributed by atoms with Gasteiger partial charge in [0.25, 0.3) is 0 Å². The summed E-state index contributed by atoms with van der Waals surface area (Å²) in [6.45, 7) is 5.79. The largest absolute Gasteiger partial charge is 0.492 e. The number of urea groups is 1. The van der Waals surface area contributed by atoms with Gasteiger partial charge < -0.3 is 15.0 Å². The Bertz CT molecular complexity index is 947. The first-order chi connectivity index (χ1) is 14.5. The average Bonchev–Trinajstić information content (AvgIpc) is 3.13. The van der Waals surface area contributed by atoms with Crippen molar-refractivity contribution in [1.29, 1.82) is 0 Å². The van der Waals surface area contributed by atoms with Gasteiger partial charge in [0, 0.05) is 31.7 Å². The summed E-state index contributed by atoms with van der Waals surface area (Å²) in [4.78, 5) is 15.0. The van der Waals surface area contributed by atoms with Gasteiger partial charge in [-0.25, -0.2) is 14.2 Å². The fourth-order valence-electron chi connectivity index (χ4n) is 3.98. The number of nitrogens with one attached hydrogen (secondary N) is 1. The molecular weight excluding hydrogens is 383 g/mol. The number of carbonyl (C=O) groups is 1. The fraction of sp³-hybridized carbons (Fsp3) is 0.391. The number of ether oxygens (including phenoxy) is 1. The van der Waals surface area contributed by atoms with E-state index in [1.807, 2.05) is 30.3 Å². The number of hydrogen-bond acceptors (Lipinski definition) is 4. The normalized spacial score (nSPS) is 19.8. The van der Waals surface area contributed by atoms with Gasteiger partial charge in [-0.15, -0.1) is 0 Å². The van der Waals surface area contributed by atoms with Gasteiger partial charge >= 0.3 is 6.03 Å². The Morgan fingerprint density at radius 3 is 2.80 bits per heavy atom. The maximum Gasteiger partial charge on any atom is 0.340 e. The Kier molecular flexibility index (Phi) is 5.72. The van der Waals surface area contributed by atoms with E-state index in [0.717, 1.165) is 5.56 Å². The van der Waals surface area contributed by atoms with E-state index >= 15 is 0 Å². The Balaban J connectivity index is 1.67. The van der Waals surface area contributed by atoms with Gasteiger partial charge in [0.1, 0.15) is 11.6 Å². The van der Waals surface area contributed by atoms with E-state index in [1.54, 1.807) is 18.0 Å². The third-order valence-corrected chi connectivity index (χ3v) is 5.51. The number of carbonyl (C=O) groups excluding carboxylic acids is 1. The SMILES string of the molecule is CC(C)NCCN(C)C(=O)N1N=C2c3cc(F)ccc3OCC2C1c1ccccc1. The first-order valence-corrected chi connectivity index (χ1v) is 10.3. The van der Waals surface area contributed by atoms with Gasteiger partial charge in [-0.2, -0.15) is 5.10 Å². The second-order valence-corrected chi connectivity index (χ2v) is 8.06. The molecule has 2 amide bonds. The summed E-state index contributed by atoms with van der Waals surface area (Å²) >= 11 is 0. The number of rotatable bonds is 5. The Hall–Kier alpha value is -2.93. The highest BCUT2D eigenvalue weighted by atomic mass is 19.1. The predicted molar refractivity (Wildman–Crippen MR) is 114 cm³/mol. The molecule has 0 aliphatic carbocycles. The average molecular weight is 410 g/mol. The number of hydrazone groups is 1. The number of fused-ring (bicyclic) bond motifs is 3. The van der Waals surface area contributed by atoms with E-state index in [9.17, 15) is 9.18 Å². The summed E-state index contributed by atoms with van der Waals surface area (Å²) in [5.74, 6) is 0.0912. The lowest BCUT2D eigenvalue weighted by Crippen LogP contribution is -2.43. The highest BCUT2D eigenvalue weighted by Gasteiger charge is 2.45. The van der Waals surface area contributed by atoms with E-state index in [-0.39, 0.29) is 23.8 Å². The van der Waals surface area contributed by atoms with E-state index in [2.05, 4.69) is 19.2 Å². The van der Waals surface area contributed by atoms with Crippen molar-refractivity contribution < 1.29 is 13.9 Å². The molecule has 158 valence electrons. The molecule has 7 heteroatoms. The van der Waals surface area contributed by atoms with E-state index < -0.39 is 0 Å². The highest BCUT2D eigenvalue weighted by Crippen LogP contribution is 2.42. The number of benzene rings is 2. The van der Waals surface area contributed by atoms with Crippen LogP contribution in [-0.2, 0) is 0 Å². The number of likely N-dealkylation sites (N-methyl/N-ethyl adjacent to an activating group) is 1. The summed E-state index contributed by atoms with van der Waals surface area (Å²) in [5.41, 5.74) is 2.30. The standard InChI is InChI=1S/C23H27FN4O2/c1-15(2)25-11-12-27(3)23(29)28-22(16-7-5-4-6-8-16)19-14-30-20-10-9-17(24)13-18(20)21(19)26-28/h4-10,13,15,19,22,25H,11-12,14H2,1-3H3. The molecule has 2 aliphatic heterocycles. The zero-order valence-electron chi connectivity index (χ0n) is 17.5. The molecule has 0 radical (unpaired) electrons. The van der Waals surface area contributed by atoms with Crippen molar-refractivity contribution in [2.45, 2.75) is 25.9 Å². The number of amides is 2. The molecule has 4 rings (SSSR count). The van der Waals surface area contributed by atoms with Crippen LogP contribution in [0.4, 0.5) is 9.18 Å². The van der Waals surface area contributed by atoms with Crippen LogP contribution in [-0.4, -0.2) is 54.4 Å². The smallest absolute Gasteiger partial charge is 0.340 e. The fourth-order valence-corrected chi connectivity index (χ4v) is 3.98. The summed E-state index contributed by atoms with van der Waals surface area (Å²) in [6, 6.07) is 14.1. The lowest BCUT2D eigenvalue weighted by molar-refractivity contribution is 0.133. The second-order valence-electron chi connectivity index (χ2n) is 8.06. The van der Waals surface area contributed by atoms with Gasteiger partial charge in [-0.3, -0.25) is 0 Å². The van der Waals surface area contributed by atoms with Gasteiger partial charge in [-0.05, 0) is 23.8 Å². The summed E-state index contributed by atoms with van der Waals surface area (Å²) in [5, 5.41) is 9.57. The van der Waals surface area contributed by atoms with Gasteiger partial charge in [-0.1, -0.05) is 44.2 Å². The molecule has 2 atom stereocenters. The molecule has 30 heavy (non-hydrogen) atoms. The molecule has 1 N–H and O–H groups in total. The molecule has 0 bridgehead atoms. The van der Waals surface area contributed by atoms with Crippen molar-refractivity contribution in [1.82, 2.24) is 15.2 Å². The first kappa shape index (κ1) is 20.3. The van der Waals surface area contributed by atoms with Crippen LogP contribution in [0.5, 0.6) is 5.75 Å². The third-order valence-electron chi connectivity index (χ3n) is 5.51. The summed E-state index contributed by atoms with van der Waals surface area (Å²) in [7, 11) is 1.78. The van der Waals surface area contributed by atoms with E-state index in [1.165, 1.54) is 17.1 Å². The van der Waals surface area contributed by atoms with Crippen LogP contribution >= 0.6 is 0 Å². The molecule has 0 saturated carbocycles. The van der Waals surface area contributed by atoms with E-state index in [4.69, 9.17) is 9.84 Å². The lowest BCUT2D eigenvalue weighted by atomic mass is 9.86. The van der Waals surface area contributed by atoms with Crippen molar-refractivity contribution in [3.05, 3.63) is 65.5 Å². The lowest BCUT2D eigenvalue weighted by Gasteiger charge is -2.31. The van der Waals surface area contributed by atoms with Crippen molar-refractivity contribution in [3.63, 3.8) is 0 Å². The van der Waals surface area contributed by atoms with E-state index in [0.29, 0.717) is 42.8 Å². The molecule has 2 aliphatic rings. The maximum atomic E-state index is 14.0.